The fourth-order valence-electron chi connectivity index (χ4n) is 5.16. The van der Waals surface area contributed by atoms with E-state index in [1.165, 1.54) is 24.3 Å². The molecule has 1 aliphatic rings. The molecule has 13 nitrogen and oxygen atoms in total. The molecule has 15 heteroatoms. The molecule has 6 N–H and O–H groups in total. The molecule has 0 fully saturated rings. The molecule has 0 radical (unpaired) electrons. The lowest BCUT2D eigenvalue weighted by atomic mass is 10.1. The first-order valence-corrected chi connectivity index (χ1v) is 16.0. The van der Waals surface area contributed by atoms with Crippen molar-refractivity contribution in [3.8, 4) is 34.9 Å². The van der Waals surface area contributed by atoms with E-state index in [0.717, 1.165) is 11.8 Å². The minimum atomic E-state index is -1.24. The van der Waals surface area contributed by atoms with Crippen molar-refractivity contribution in [1.29, 1.82) is 5.26 Å². The normalized spacial score (nSPS) is 12.7. The molecule has 0 amide bonds. The van der Waals surface area contributed by atoms with Gasteiger partial charge < -0.3 is 41.0 Å². The molecular weight excluding hydrogens is 662 g/mol. The monoisotopic (exact) mass is 698 g/mol. The molecule has 1 aromatic heterocycles. The van der Waals surface area contributed by atoms with E-state index in [1.807, 2.05) is 41.3 Å². The number of ether oxygens (including phenoxy) is 3. The molecule has 1 unspecified atom stereocenters. The maximum Gasteiger partial charge on any atom is 0.326 e. The standard InChI is InChI=1S/C36H36F2N8O5/c1-46-16-15-42-33(46)25-18-24(45-27(35(47)48)9-5-6-14-43-36(40)41)11-13-28(25)50-32-26(37)20-44-34(31(32)38)51-30-17-23(19-39)10-12-29(30)49-21-22-7-3-2-4-8-22/h2-4,7-8,10-13,17-18,20,27,45H,5-6,9,14-16,21H2,1H3,(H,47,48)(H4,40,41,43). The number of nitrogens with two attached hydrogens (primary N) is 2. The number of unbranched alkanes of at least 4 members (excludes halogenated alkanes) is 1. The number of benzene rings is 3. The number of nitrogens with zero attached hydrogens (tertiary/aromatic N) is 5. The van der Waals surface area contributed by atoms with E-state index in [0.29, 0.717) is 49.6 Å². The quantitative estimate of drug-likeness (QED) is 0.0665. The van der Waals surface area contributed by atoms with Crippen LogP contribution in [0.3, 0.4) is 0 Å². The van der Waals surface area contributed by atoms with Crippen molar-refractivity contribution in [2.24, 2.45) is 21.5 Å². The van der Waals surface area contributed by atoms with Crippen LogP contribution in [0, 0.1) is 23.0 Å². The average molecular weight is 699 g/mol. The predicted molar refractivity (Wildman–Crippen MR) is 186 cm³/mol. The molecule has 51 heavy (non-hydrogen) atoms. The lowest BCUT2D eigenvalue weighted by Gasteiger charge is -2.21. The van der Waals surface area contributed by atoms with Crippen LogP contribution in [0.4, 0.5) is 14.5 Å². The van der Waals surface area contributed by atoms with E-state index in [1.54, 1.807) is 19.2 Å². The maximum atomic E-state index is 16.0. The molecule has 0 saturated carbocycles. The Labute approximate surface area is 292 Å². The van der Waals surface area contributed by atoms with Gasteiger partial charge in [0.05, 0.1) is 29.9 Å². The summed E-state index contributed by atoms with van der Waals surface area (Å²) in [6, 6.07) is 19.4. The van der Waals surface area contributed by atoms with Crippen molar-refractivity contribution in [2.75, 3.05) is 32.0 Å². The smallest absolute Gasteiger partial charge is 0.326 e. The number of pyridine rings is 1. The van der Waals surface area contributed by atoms with Gasteiger partial charge in [0.15, 0.2) is 23.3 Å². The second-order valence-corrected chi connectivity index (χ2v) is 11.5. The van der Waals surface area contributed by atoms with Crippen LogP contribution >= 0.6 is 0 Å². The highest BCUT2D eigenvalue weighted by Gasteiger charge is 2.26. The third-order valence-electron chi connectivity index (χ3n) is 7.74. The van der Waals surface area contributed by atoms with Gasteiger partial charge in [-0.25, -0.2) is 14.2 Å². The first kappa shape index (κ1) is 35.9. The molecular formula is C36H36F2N8O5. The Balaban J connectivity index is 1.41. The van der Waals surface area contributed by atoms with Crippen LogP contribution in [0.15, 0.2) is 82.9 Å². The number of carbonyl (C=O) groups is 1. The summed E-state index contributed by atoms with van der Waals surface area (Å²) in [6.07, 6.45) is 2.17. The highest BCUT2D eigenvalue weighted by molar-refractivity contribution is 6.03. The topological polar surface area (TPSA) is 194 Å². The SMILES string of the molecule is CN1CCN=C1c1cc(NC(CCCCN=C(N)N)C(=O)O)ccc1Oc1c(F)cnc(Oc2cc(C#N)ccc2OCc2ccccc2)c1F. The number of guanidine groups is 1. The molecule has 0 saturated heterocycles. The predicted octanol–water partition coefficient (Wildman–Crippen LogP) is 5.40. The number of aliphatic carboxylic acids is 1. The Hall–Kier alpha value is -6.43. The van der Waals surface area contributed by atoms with Gasteiger partial charge >= 0.3 is 5.97 Å². The van der Waals surface area contributed by atoms with Gasteiger partial charge in [0.1, 0.15) is 24.2 Å². The van der Waals surface area contributed by atoms with Gasteiger partial charge in [-0.05, 0) is 55.2 Å². The van der Waals surface area contributed by atoms with Crippen molar-refractivity contribution in [2.45, 2.75) is 31.9 Å². The first-order chi connectivity index (χ1) is 24.6. The van der Waals surface area contributed by atoms with Crippen molar-refractivity contribution in [3.05, 3.63) is 101 Å². The number of carboxylic acid groups (broad SMARTS) is 1. The van der Waals surface area contributed by atoms with Crippen LogP contribution in [0.2, 0.25) is 0 Å². The van der Waals surface area contributed by atoms with Crippen molar-refractivity contribution >= 4 is 23.5 Å². The second-order valence-electron chi connectivity index (χ2n) is 11.5. The third-order valence-corrected chi connectivity index (χ3v) is 7.74. The van der Waals surface area contributed by atoms with Crippen molar-refractivity contribution < 1.29 is 32.9 Å². The van der Waals surface area contributed by atoms with Crippen LogP contribution in [0.5, 0.6) is 28.9 Å². The average Bonchev–Trinajstić information content (AvgIpc) is 3.55. The molecule has 3 aromatic carbocycles. The number of carboxylic acids is 1. The number of likely N-dealkylation sites (N-methyl/N-ethyl adjacent to an activating group) is 1. The van der Waals surface area contributed by atoms with E-state index in [4.69, 9.17) is 25.7 Å². The van der Waals surface area contributed by atoms with Crippen molar-refractivity contribution in [1.82, 2.24) is 9.88 Å². The zero-order valence-electron chi connectivity index (χ0n) is 27.7. The molecule has 5 rings (SSSR count). The zero-order valence-corrected chi connectivity index (χ0v) is 27.7. The minimum Gasteiger partial charge on any atom is -0.485 e. The number of anilines is 1. The molecule has 1 atom stereocenters. The summed E-state index contributed by atoms with van der Waals surface area (Å²) in [6.45, 7) is 1.60. The number of nitriles is 1. The molecule has 1 aliphatic heterocycles. The van der Waals surface area contributed by atoms with Gasteiger partial charge in [-0.1, -0.05) is 30.3 Å². The van der Waals surface area contributed by atoms with E-state index < -0.39 is 35.3 Å². The van der Waals surface area contributed by atoms with Crippen LogP contribution in [0.25, 0.3) is 0 Å². The van der Waals surface area contributed by atoms with Crippen LogP contribution in [-0.2, 0) is 11.4 Å². The molecule has 0 spiro atoms. The van der Waals surface area contributed by atoms with Crippen LogP contribution in [0.1, 0.15) is 36.0 Å². The lowest BCUT2D eigenvalue weighted by molar-refractivity contribution is -0.138. The Morgan fingerprint density at radius 3 is 2.57 bits per heavy atom. The number of halogens is 2. The van der Waals surface area contributed by atoms with E-state index in [9.17, 15) is 15.2 Å². The molecule has 264 valence electrons. The number of amidine groups is 1. The Morgan fingerprint density at radius 1 is 1.08 bits per heavy atom. The van der Waals surface area contributed by atoms with Gasteiger partial charge in [0.25, 0.3) is 5.88 Å². The van der Waals surface area contributed by atoms with E-state index in [2.05, 4.69) is 20.3 Å². The number of nitrogens with one attached hydrogen (secondary N) is 1. The van der Waals surface area contributed by atoms with E-state index >= 15 is 8.78 Å². The van der Waals surface area contributed by atoms with Gasteiger partial charge in [0.2, 0.25) is 11.6 Å². The number of hydrogen-bond donors (Lipinski definition) is 4. The van der Waals surface area contributed by atoms with Gasteiger partial charge in [-0.15, -0.1) is 0 Å². The number of hydrogen-bond acceptors (Lipinski definition) is 10. The fraction of sp³-hybridized carbons (Fsp3) is 0.250. The first-order valence-electron chi connectivity index (χ1n) is 16.0. The fourth-order valence-corrected chi connectivity index (χ4v) is 5.16. The third kappa shape index (κ3) is 9.38. The van der Waals surface area contributed by atoms with Crippen molar-refractivity contribution in [3.63, 3.8) is 0 Å². The Bertz CT molecular complexity index is 1970. The summed E-state index contributed by atoms with van der Waals surface area (Å²) in [5, 5.41) is 22.3. The van der Waals surface area contributed by atoms with Gasteiger partial charge in [-0.3, -0.25) is 9.98 Å². The Kier molecular flexibility index (Phi) is 11.8. The zero-order chi connectivity index (χ0) is 36.3. The Morgan fingerprint density at radius 2 is 1.86 bits per heavy atom. The second kappa shape index (κ2) is 16.8. The molecule has 0 bridgehead atoms. The summed E-state index contributed by atoms with van der Waals surface area (Å²) in [7, 11) is 1.80. The minimum absolute atomic E-state index is 0.0174. The summed E-state index contributed by atoms with van der Waals surface area (Å²) < 4.78 is 48.8. The molecule has 0 aliphatic carbocycles. The van der Waals surface area contributed by atoms with Crippen LogP contribution in [-0.4, -0.2) is 65.5 Å². The maximum absolute atomic E-state index is 16.0. The highest BCUT2D eigenvalue weighted by atomic mass is 19.1. The number of rotatable bonds is 16. The van der Waals surface area contributed by atoms with Gasteiger partial charge in [0, 0.05) is 31.9 Å². The number of aromatic nitrogens is 1. The summed E-state index contributed by atoms with van der Waals surface area (Å²) >= 11 is 0. The number of aliphatic imine (C=N–C) groups is 2. The summed E-state index contributed by atoms with van der Waals surface area (Å²) in [5.74, 6) is -4.14. The molecule has 4 aromatic rings. The van der Waals surface area contributed by atoms with Gasteiger partial charge in [-0.2, -0.15) is 9.65 Å². The lowest BCUT2D eigenvalue weighted by Crippen LogP contribution is -2.29. The summed E-state index contributed by atoms with van der Waals surface area (Å²) in [4.78, 5) is 26.2. The van der Waals surface area contributed by atoms with Crippen LogP contribution < -0.4 is 31.0 Å². The largest absolute Gasteiger partial charge is 0.485 e. The molecule has 2 heterocycles. The summed E-state index contributed by atoms with van der Waals surface area (Å²) in [5.41, 5.74) is 12.6. The van der Waals surface area contributed by atoms with E-state index in [-0.39, 0.29) is 41.8 Å². The highest BCUT2D eigenvalue weighted by Crippen LogP contribution is 2.39.